The van der Waals surface area contributed by atoms with Crippen LogP contribution >= 0.6 is 0 Å². The quantitative estimate of drug-likeness (QED) is 0.503. The van der Waals surface area contributed by atoms with E-state index in [0.29, 0.717) is 22.6 Å². The minimum Gasteiger partial charge on any atom is -0.493 e. The van der Waals surface area contributed by atoms with Crippen molar-refractivity contribution in [2.75, 3.05) is 7.11 Å². The summed E-state index contributed by atoms with van der Waals surface area (Å²) in [7, 11) is 1.48. The van der Waals surface area contributed by atoms with E-state index in [2.05, 4.69) is 5.32 Å². The zero-order valence-electron chi connectivity index (χ0n) is 18.0. The minimum atomic E-state index is -0.833. The first-order chi connectivity index (χ1) is 15.2. The summed E-state index contributed by atoms with van der Waals surface area (Å²) in [5.74, 6) is 0.806. The van der Waals surface area contributed by atoms with Crippen molar-refractivity contribution in [3.63, 3.8) is 0 Å². The Morgan fingerprint density at radius 1 is 1.12 bits per heavy atom. The molecule has 1 amide bonds. The molecule has 0 aliphatic heterocycles. The molecule has 4 N–H and O–H groups in total. The standard InChI is InChI=1S/C21H21FN2O4.C2H4O2/c1-13-3-5-17(27-13)12-24-21(25)15-4-6-19(26-2)20(9-15)28-18-8-14(11-23)7-16(22)10-18;1-2(3)4/h3-10H,11-12,23H2,1-2H3,(H,24,25);1H3,(H,3,4). The number of nitrogens with two attached hydrogens (primary N) is 1. The molecule has 0 bridgehead atoms. The van der Waals surface area contributed by atoms with Gasteiger partial charge in [-0.2, -0.15) is 0 Å². The third-order valence-corrected chi connectivity index (χ3v) is 4.04. The molecule has 1 heterocycles. The first-order valence-electron chi connectivity index (χ1n) is 9.60. The van der Waals surface area contributed by atoms with Crippen molar-refractivity contribution in [1.82, 2.24) is 5.32 Å². The van der Waals surface area contributed by atoms with Crippen molar-refractivity contribution in [3.05, 3.63) is 77.0 Å². The zero-order chi connectivity index (χ0) is 23.7. The summed E-state index contributed by atoms with van der Waals surface area (Å²) < 4.78 is 30.2. The average molecular weight is 444 g/mol. The molecule has 0 spiro atoms. The molecule has 8 nitrogen and oxygen atoms in total. The largest absolute Gasteiger partial charge is 0.493 e. The van der Waals surface area contributed by atoms with Crippen LogP contribution in [0.5, 0.6) is 17.2 Å². The fourth-order valence-electron chi connectivity index (χ4n) is 2.67. The highest BCUT2D eigenvalue weighted by atomic mass is 19.1. The summed E-state index contributed by atoms with van der Waals surface area (Å²) in [6.45, 7) is 3.36. The van der Waals surface area contributed by atoms with Crippen molar-refractivity contribution in [1.29, 1.82) is 0 Å². The van der Waals surface area contributed by atoms with Crippen molar-refractivity contribution in [3.8, 4) is 17.2 Å². The number of hydrogen-bond acceptors (Lipinski definition) is 6. The molecule has 2 aromatic carbocycles. The maximum Gasteiger partial charge on any atom is 0.300 e. The number of hydrogen-bond donors (Lipinski definition) is 3. The lowest BCUT2D eigenvalue weighted by Crippen LogP contribution is -2.22. The number of rotatable bonds is 7. The van der Waals surface area contributed by atoms with E-state index in [9.17, 15) is 9.18 Å². The number of carbonyl (C=O) groups is 2. The molecule has 0 aliphatic rings. The highest BCUT2D eigenvalue weighted by molar-refractivity contribution is 5.94. The van der Waals surface area contributed by atoms with E-state index in [1.807, 2.05) is 13.0 Å². The number of methoxy groups -OCH3 is 1. The molecule has 0 saturated heterocycles. The van der Waals surface area contributed by atoms with Gasteiger partial charge in [-0.15, -0.1) is 0 Å². The predicted molar refractivity (Wildman–Crippen MR) is 115 cm³/mol. The van der Waals surface area contributed by atoms with E-state index in [0.717, 1.165) is 12.7 Å². The Kier molecular flexibility index (Phi) is 8.79. The molecule has 1 aromatic heterocycles. The van der Waals surface area contributed by atoms with Gasteiger partial charge in [0.05, 0.1) is 13.7 Å². The number of furan rings is 1. The van der Waals surface area contributed by atoms with E-state index in [-0.39, 0.29) is 30.5 Å². The number of carbonyl (C=O) groups excluding carboxylic acids is 1. The van der Waals surface area contributed by atoms with Crippen molar-refractivity contribution >= 4 is 11.9 Å². The van der Waals surface area contributed by atoms with E-state index in [4.69, 9.17) is 29.5 Å². The number of carboxylic acids is 1. The lowest BCUT2D eigenvalue weighted by Gasteiger charge is -2.13. The third-order valence-electron chi connectivity index (χ3n) is 4.04. The van der Waals surface area contributed by atoms with Crippen LogP contribution < -0.4 is 20.5 Å². The fraction of sp³-hybridized carbons (Fsp3) is 0.217. The fourth-order valence-corrected chi connectivity index (χ4v) is 2.67. The van der Waals surface area contributed by atoms with Crippen molar-refractivity contribution in [2.24, 2.45) is 5.73 Å². The van der Waals surface area contributed by atoms with Gasteiger partial charge in [0.15, 0.2) is 11.5 Å². The molecule has 32 heavy (non-hydrogen) atoms. The van der Waals surface area contributed by atoms with Crippen molar-refractivity contribution < 1.29 is 33.0 Å². The number of halogens is 1. The van der Waals surface area contributed by atoms with E-state index in [1.54, 1.807) is 24.3 Å². The van der Waals surface area contributed by atoms with E-state index >= 15 is 0 Å². The second-order valence-corrected chi connectivity index (χ2v) is 6.68. The highest BCUT2D eigenvalue weighted by Gasteiger charge is 2.13. The number of nitrogens with one attached hydrogen (secondary N) is 1. The van der Waals surface area contributed by atoms with Gasteiger partial charge < -0.3 is 30.0 Å². The SMILES string of the molecule is CC(=O)O.COc1ccc(C(=O)NCc2ccc(C)o2)cc1Oc1cc(F)cc(CN)c1. The monoisotopic (exact) mass is 444 g/mol. The summed E-state index contributed by atoms with van der Waals surface area (Å²) >= 11 is 0. The summed E-state index contributed by atoms with van der Waals surface area (Å²) in [4.78, 5) is 21.5. The Morgan fingerprint density at radius 3 is 2.44 bits per heavy atom. The smallest absolute Gasteiger partial charge is 0.300 e. The maximum atomic E-state index is 13.7. The third kappa shape index (κ3) is 7.44. The Balaban J connectivity index is 0.000000837. The molecule has 0 fully saturated rings. The molecule has 170 valence electrons. The van der Waals surface area contributed by atoms with Crippen LogP contribution in [-0.2, 0) is 17.9 Å². The molecular weight excluding hydrogens is 419 g/mol. The number of carboxylic acid groups (broad SMARTS) is 1. The number of aliphatic carboxylic acids is 1. The Bertz CT molecular complexity index is 1080. The highest BCUT2D eigenvalue weighted by Crippen LogP contribution is 2.33. The van der Waals surface area contributed by atoms with Gasteiger partial charge in [-0.05, 0) is 55.0 Å². The van der Waals surface area contributed by atoms with Gasteiger partial charge in [-0.25, -0.2) is 4.39 Å². The lowest BCUT2D eigenvalue weighted by molar-refractivity contribution is -0.134. The summed E-state index contributed by atoms with van der Waals surface area (Å²) in [5, 5.41) is 10.2. The van der Waals surface area contributed by atoms with Gasteiger partial charge in [-0.1, -0.05) is 0 Å². The van der Waals surface area contributed by atoms with Crippen LogP contribution in [0, 0.1) is 12.7 Å². The maximum absolute atomic E-state index is 13.7. The Hall–Kier alpha value is -3.85. The molecule has 0 radical (unpaired) electrons. The molecule has 3 rings (SSSR count). The molecule has 0 saturated carbocycles. The molecule has 0 atom stereocenters. The molecule has 0 aliphatic carbocycles. The van der Waals surface area contributed by atoms with E-state index < -0.39 is 11.8 Å². The molecule has 0 unspecified atom stereocenters. The normalized spacial score (nSPS) is 10.0. The van der Waals surface area contributed by atoms with Crippen LogP contribution in [0.15, 0.2) is 52.9 Å². The number of ether oxygens (including phenoxy) is 2. The second-order valence-electron chi connectivity index (χ2n) is 6.68. The van der Waals surface area contributed by atoms with Gasteiger partial charge in [-0.3, -0.25) is 9.59 Å². The number of aryl methyl sites for hydroxylation is 1. The first-order valence-corrected chi connectivity index (χ1v) is 9.60. The zero-order valence-corrected chi connectivity index (χ0v) is 18.0. The van der Waals surface area contributed by atoms with Crippen LogP contribution in [0.4, 0.5) is 4.39 Å². The number of amides is 1. The van der Waals surface area contributed by atoms with Crippen LogP contribution in [0.2, 0.25) is 0 Å². The van der Waals surface area contributed by atoms with Gasteiger partial charge in [0, 0.05) is 25.1 Å². The van der Waals surface area contributed by atoms with Crippen LogP contribution in [0.3, 0.4) is 0 Å². The topological polar surface area (TPSA) is 124 Å². The summed E-state index contributed by atoms with van der Waals surface area (Å²) in [5.41, 5.74) is 6.54. The first kappa shape index (κ1) is 24.4. The lowest BCUT2D eigenvalue weighted by atomic mass is 10.1. The van der Waals surface area contributed by atoms with Crippen LogP contribution in [-0.4, -0.2) is 24.1 Å². The minimum absolute atomic E-state index is 0.181. The number of benzene rings is 2. The molecule has 3 aromatic rings. The van der Waals surface area contributed by atoms with Crippen molar-refractivity contribution in [2.45, 2.75) is 26.9 Å². The Labute approximate surface area is 184 Å². The van der Waals surface area contributed by atoms with E-state index in [1.165, 1.54) is 25.3 Å². The van der Waals surface area contributed by atoms with Crippen LogP contribution in [0.25, 0.3) is 0 Å². The van der Waals surface area contributed by atoms with Crippen LogP contribution in [0.1, 0.15) is 34.4 Å². The van der Waals surface area contributed by atoms with Gasteiger partial charge in [0.2, 0.25) is 0 Å². The molecule has 9 heteroatoms. The molecular formula is C23H25FN2O6. The predicted octanol–water partition coefficient (Wildman–Crippen LogP) is 4.01. The van der Waals surface area contributed by atoms with Gasteiger partial charge >= 0.3 is 0 Å². The average Bonchev–Trinajstić information content (AvgIpc) is 3.16. The van der Waals surface area contributed by atoms with Gasteiger partial charge in [0.25, 0.3) is 11.9 Å². The summed E-state index contributed by atoms with van der Waals surface area (Å²) in [6.07, 6.45) is 0. The second kappa shape index (κ2) is 11.5. The van der Waals surface area contributed by atoms with Gasteiger partial charge in [0.1, 0.15) is 23.1 Å². The Morgan fingerprint density at radius 2 is 1.84 bits per heavy atom. The summed E-state index contributed by atoms with van der Waals surface area (Å²) in [6, 6.07) is 12.6.